The first kappa shape index (κ1) is 12.8. The lowest BCUT2D eigenvalue weighted by molar-refractivity contribution is 0.191. The Hall–Kier alpha value is -1.28. The quantitative estimate of drug-likeness (QED) is 0.771. The van der Waals surface area contributed by atoms with Gasteiger partial charge in [0.2, 0.25) is 0 Å². The van der Waals surface area contributed by atoms with E-state index in [4.69, 9.17) is 4.74 Å². The van der Waals surface area contributed by atoms with Crippen LogP contribution in [0.1, 0.15) is 37.5 Å². The molecule has 0 spiro atoms. The lowest BCUT2D eigenvalue weighted by Crippen LogP contribution is -2.02. The van der Waals surface area contributed by atoms with E-state index in [9.17, 15) is 5.11 Å². The van der Waals surface area contributed by atoms with E-state index in [1.807, 2.05) is 32.0 Å². The summed E-state index contributed by atoms with van der Waals surface area (Å²) in [7, 11) is 0. The van der Waals surface area contributed by atoms with Crippen molar-refractivity contribution in [1.29, 1.82) is 0 Å². The summed E-state index contributed by atoms with van der Waals surface area (Å²) in [6.45, 7) is 10.2. The van der Waals surface area contributed by atoms with Crippen LogP contribution in [-0.2, 0) is 0 Å². The molecule has 0 aliphatic carbocycles. The van der Waals surface area contributed by atoms with E-state index in [-0.39, 0.29) is 0 Å². The van der Waals surface area contributed by atoms with Gasteiger partial charge in [0.05, 0.1) is 12.7 Å². The highest BCUT2D eigenvalue weighted by molar-refractivity contribution is 5.38. The summed E-state index contributed by atoms with van der Waals surface area (Å²) in [5.41, 5.74) is 3.08. The second-order valence-corrected chi connectivity index (χ2v) is 4.27. The fraction of sp³-hybridized carbons (Fsp3) is 0.429. The Kier molecular flexibility index (Phi) is 4.56. The van der Waals surface area contributed by atoms with Gasteiger partial charge in [-0.3, -0.25) is 0 Å². The molecule has 0 bridgehead atoms. The van der Waals surface area contributed by atoms with Crippen LogP contribution in [-0.4, -0.2) is 11.7 Å². The van der Waals surface area contributed by atoms with Crippen molar-refractivity contribution in [2.45, 2.75) is 33.3 Å². The summed E-state index contributed by atoms with van der Waals surface area (Å²) >= 11 is 0. The summed E-state index contributed by atoms with van der Waals surface area (Å²) in [5.74, 6) is 0.766. The lowest BCUT2D eigenvalue weighted by atomic mass is 10.1. The standard InChI is InChI=1S/C14H20O2/c1-10(2)7-8-16-14-6-5-11(3)9-13(14)12(4)15/h5-6,9,12,15H,1,7-8H2,2-4H3. The molecule has 0 aliphatic rings. The maximum Gasteiger partial charge on any atom is 0.125 e. The maximum atomic E-state index is 9.64. The first-order valence-electron chi connectivity index (χ1n) is 5.56. The van der Waals surface area contributed by atoms with Gasteiger partial charge in [0.25, 0.3) is 0 Å². The SMILES string of the molecule is C=C(C)CCOc1ccc(C)cc1C(C)O. The van der Waals surface area contributed by atoms with E-state index in [1.54, 1.807) is 6.92 Å². The van der Waals surface area contributed by atoms with Crippen LogP contribution >= 0.6 is 0 Å². The van der Waals surface area contributed by atoms with Crippen LogP contribution in [0.2, 0.25) is 0 Å². The molecular weight excluding hydrogens is 200 g/mol. The average molecular weight is 220 g/mol. The van der Waals surface area contributed by atoms with Gasteiger partial charge in [0, 0.05) is 12.0 Å². The van der Waals surface area contributed by atoms with Gasteiger partial charge in [-0.05, 0) is 32.9 Å². The predicted octanol–water partition coefficient (Wildman–Crippen LogP) is 3.39. The Labute approximate surface area is 97.6 Å². The largest absolute Gasteiger partial charge is 0.493 e. The van der Waals surface area contributed by atoms with Crippen molar-refractivity contribution < 1.29 is 9.84 Å². The highest BCUT2D eigenvalue weighted by Crippen LogP contribution is 2.26. The third kappa shape index (κ3) is 3.70. The van der Waals surface area contributed by atoms with Crippen molar-refractivity contribution in [3.05, 3.63) is 41.5 Å². The Balaban J connectivity index is 2.74. The molecule has 1 aromatic carbocycles. The molecule has 0 aromatic heterocycles. The Morgan fingerprint density at radius 1 is 1.50 bits per heavy atom. The highest BCUT2D eigenvalue weighted by atomic mass is 16.5. The van der Waals surface area contributed by atoms with Crippen LogP contribution in [0.3, 0.4) is 0 Å². The first-order chi connectivity index (χ1) is 7.50. The molecule has 2 heteroatoms. The van der Waals surface area contributed by atoms with Crippen LogP contribution in [0, 0.1) is 6.92 Å². The maximum absolute atomic E-state index is 9.64. The van der Waals surface area contributed by atoms with Crippen LogP contribution in [0.4, 0.5) is 0 Å². The molecule has 0 saturated carbocycles. The molecule has 0 heterocycles. The molecule has 2 nitrogen and oxygen atoms in total. The topological polar surface area (TPSA) is 29.5 Å². The predicted molar refractivity (Wildman–Crippen MR) is 66.7 cm³/mol. The fourth-order valence-corrected chi connectivity index (χ4v) is 1.46. The number of aliphatic hydroxyl groups excluding tert-OH is 1. The van der Waals surface area contributed by atoms with Crippen molar-refractivity contribution in [2.75, 3.05) is 6.61 Å². The minimum Gasteiger partial charge on any atom is -0.493 e. The molecule has 1 rings (SSSR count). The molecular formula is C14H20O2. The molecule has 0 amide bonds. The second-order valence-electron chi connectivity index (χ2n) is 4.27. The first-order valence-corrected chi connectivity index (χ1v) is 5.56. The van der Waals surface area contributed by atoms with E-state index in [1.165, 1.54) is 0 Å². The number of ether oxygens (including phenoxy) is 1. The summed E-state index contributed by atoms with van der Waals surface area (Å²) in [6, 6.07) is 5.86. The molecule has 1 unspecified atom stereocenters. The van der Waals surface area contributed by atoms with Gasteiger partial charge < -0.3 is 9.84 Å². The van der Waals surface area contributed by atoms with E-state index < -0.39 is 6.10 Å². The summed E-state index contributed by atoms with van der Waals surface area (Å²) in [5, 5.41) is 9.64. The fourth-order valence-electron chi connectivity index (χ4n) is 1.46. The summed E-state index contributed by atoms with van der Waals surface area (Å²) < 4.78 is 5.64. The second kappa shape index (κ2) is 5.71. The molecule has 88 valence electrons. The normalized spacial score (nSPS) is 12.2. The van der Waals surface area contributed by atoms with Gasteiger partial charge >= 0.3 is 0 Å². The zero-order valence-electron chi connectivity index (χ0n) is 10.3. The lowest BCUT2D eigenvalue weighted by Gasteiger charge is -2.14. The highest BCUT2D eigenvalue weighted by Gasteiger charge is 2.09. The minimum atomic E-state index is -0.500. The monoisotopic (exact) mass is 220 g/mol. The van der Waals surface area contributed by atoms with Crippen LogP contribution in [0.25, 0.3) is 0 Å². The number of aryl methyl sites for hydroxylation is 1. The van der Waals surface area contributed by atoms with E-state index >= 15 is 0 Å². The zero-order valence-corrected chi connectivity index (χ0v) is 10.3. The third-order valence-corrected chi connectivity index (χ3v) is 2.40. The van der Waals surface area contributed by atoms with Crippen molar-refractivity contribution in [2.24, 2.45) is 0 Å². The van der Waals surface area contributed by atoms with Crippen LogP contribution in [0.15, 0.2) is 30.4 Å². The van der Waals surface area contributed by atoms with Gasteiger partial charge in [-0.25, -0.2) is 0 Å². The average Bonchev–Trinajstić information content (AvgIpc) is 2.19. The molecule has 1 N–H and O–H groups in total. The van der Waals surface area contributed by atoms with E-state index in [0.29, 0.717) is 6.61 Å². The number of aliphatic hydroxyl groups is 1. The van der Waals surface area contributed by atoms with Gasteiger partial charge in [0.1, 0.15) is 5.75 Å². The van der Waals surface area contributed by atoms with Crippen LogP contribution < -0.4 is 4.74 Å². The smallest absolute Gasteiger partial charge is 0.125 e. The molecule has 0 aliphatic heterocycles. The molecule has 16 heavy (non-hydrogen) atoms. The van der Waals surface area contributed by atoms with Gasteiger partial charge in [-0.15, -0.1) is 6.58 Å². The van der Waals surface area contributed by atoms with Crippen LogP contribution in [0.5, 0.6) is 5.75 Å². The van der Waals surface area contributed by atoms with Crippen molar-refractivity contribution >= 4 is 0 Å². The van der Waals surface area contributed by atoms with Gasteiger partial charge in [-0.2, -0.15) is 0 Å². The van der Waals surface area contributed by atoms with Crippen molar-refractivity contribution in [1.82, 2.24) is 0 Å². The summed E-state index contributed by atoms with van der Waals surface area (Å²) in [4.78, 5) is 0. The van der Waals surface area contributed by atoms with Gasteiger partial charge in [-0.1, -0.05) is 17.2 Å². The zero-order chi connectivity index (χ0) is 12.1. The Morgan fingerprint density at radius 3 is 2.75 bits per heavy atom. The molecule has 1 atom stereocenters. The minimum absolute atomic E-state index is 0.500. The van der Waals surface area contributed by atoms with Crippen molar-refractivity contribution in [3.8, 4) is 5.75 Å². The number of hydrogen-bond donors (Lipinski definition) is 1. The third-order valence-electron chi connectivity index (χ3n) is 2.40. The van der Waals surface area contributed by atoms with E-state index in [0.717, 1.165) is 28.9 Å². The molecule has 0 saturated heterocycles. The number of rotatable bonds is 5. The van der Waals surface area contributed by atoms with Gasteiger partial charge in [0.15, 0.2) is 0 Å². The Bertz CT molecular complexity index is 367. The van der Waals surface area contributed by atoms with E-state index in [2.05, 4.69) is 6.58 Å². The molecule has 0 radical (unpaired) electrons. The van der Waals surface area contributed by atoms with Crippen molar-refractivity contribution in [3.63, 3.8) is 0 Å². The molecule has 1 aromatic rings. The number of hydrogen-bond acceptors (Lipinski definition) is 2. The Morgan fingerprint density at radius 2 is 2.19 bits per heavy atom. The summed E-state index contributed by atoms with van der Waals surface area (Å²) in [6.07, 6.45) is 0.340. The number of benzene rings is 1. The molecule has 0 fully saturated rings.